The third kappa shape index (κ3) is 3.83. The second-order valence-electron chi connectivity index (χ2n) is 4.28. The number of hydrogen-bond donors (Lipinski definition) is 3. The number of piperidine rings is 1. The van der Waals surface area contributed by atoms with E-state index in [-0.39, 0.29) is 38.2 Å². The van der Waals surface area contributed by atoms with Crippen LogP contribution in [-0.2, 0) is 9.53 Å². The van der Waals surface area contributed by atoms with Gasteiger partial charge >= 0.3 is 18.0 Å². The molecule has 1 fully saturated rings. The van der Waals surface area contributed by atoms with Gasteiger partial charge in [0.2, 0.25) is 0 Å². The molecule has 1 heterocycles. The fourth-order valence-electron chi connectivity index (χ4n) is 1.78. The smallest absolute Gasteiger partial charge is 0.465 e. The van der Waals surface area contributed by atoms with Crippen LogP contribution < -0.4 is 0 Å². The van der Waals surface area contributed by atoms with Gasteiger partial charge in [-0.05, 0) is 12.8 Å². The molecule has 100 valence electrons. The Morgan fingerprint density at radius 2 is 2.00 bits per heavy atom. The molecule has 0 aromatic rings. The Morgan fingerprint density at radius 1 is 1.44 bits per heavy atom. The molecule has 1 aliphatic heterocycles. The summed E-state index contributed by atoms with van der Waals surface area (Å²) in [6.07, 6.45) is -0.888. The average Bonchev–Trinajstić information content (AvgIpc) is 2.28. The quantitative estimate of drug-likeness (QED) is 0.213. The summed E-state index contributed by atoms with van der Waals surface area (Å²) in [4.78, 5) is 26.2. The molecule has 3 N–H and O–H groups in total. The Kier molecular flexibility index (Phi) is 4.41. The Bertz CT molecular complexity index is 394. The molecule has 0 radical (unpaired) electrons. The monoisotopic (exact) mass is 258 g/mol. The Balaban J connectivity index is 2.50. The van der Waals surface area contributed by atoms with E-state index in [0.717, 1.165) is 0 Å². The van der Waals surface area contributed by atoms with E-state index < -0.39 is 17.7 Å². The first kappa shape index (κ1) is 14.1. The minimum atomic E-state index is -1.24. The van der Waals surface area contributed by atoms with E-state index in [1.165, 1.54) is 11.8 Å². The Labute approximate surface area is 103 Å². The molecular formula is C10H16N3O5+. The van der Waals surface area contributed by atoms with Gasteiger partial charge in [0.1, 0.15) is 0 Å². The number of carbonyl (C=O) groups is 2. The second-order valence-corrected chi connectivity index (χ2v) is 4.28. The number of nitrogens with zero attached hydrogens (tertiary/aromatic N) is 2. The molecular weight excluding hydrogens is 242 g/mol. The number of esters is 1. The van der Waals surface area contributed by atoms with E-state index >= 15 is 0 Å². The molecule has 0 aromatic heterocycles. The SMILES string of the molecule is CC(=[N+]=N)OC(=O)CC1(O)CCN(C(=O)O)CC1. The average molecular weight is 258 g/mol. The van der Waals surface area contributed by atoms with Crippen LogP contribution in [0.2, 0.25) is 0 Å². The van der Waals surface area contributed by atoms with Crippen LogP contribution in [0.25, 0.3) is 0 Å². The zero-order valence-electron chi connectivity index (χ0n) is 10.0. The van der Waals surface area contributed by atoms with Crippen LogP contribution in [0.4, 0.5) is 4.79 Å². The van der Waals surface area contributed by atoms with E-state index in [0.29, 0.717) is 0 Å². The molecule has 0 atom stereocenters. The van der Waals surface area contributed by atoms with Crippen molar-refractivity contribution in [3.63, 3.8) is 0 Å². The van der Waals surface area contributed by atoms with Crippen molar-refractivity contribution in [1.29, 1.82) is 5.53 Å². The van der Waals surface area contributed by atoms with Gasteiger partial charge in [-0.3, -0.25) is 4.79 Å². The summed E-state index contributed by atoms with van der Waals surface area (Å²) in [6.45, 7) is 1.73. The molecule has 8 nitrogen and oxygen atoms in total. The third-order valence-electron chi connectivity index (χ3n) is 2.86. The first-order chi connectivity index (χ1) is 8.36. The first-order valence-electron chi connectivity index (χ1n) is 5.48. The van der Waals surface area contributed by atoms with Crippen molar-refractivity contribution in [1.82, 2.24) is 4.90 Å². The van der Waals surface area contributed by atoms with Gasteiger partial charge in [-0.2, -0.15) is 0 Å². The first-order valence-corrected chi connectivity index (χ1v) is 5.48. The van der Waals surface area contributed by atoms with Gasteiger partial charge in [-0.25, -0.2) is 4.79 Å². The fourth-order valence-corrected chi connectivity index (χ4v) is 1.78. The van der Waals surface area contributed by atoms with Gasteiger partial charge in [0.05, 0.1) is 29.3 Å². The van der Waals surface area contributed by atoms with Gasteiger partial charge in [-0.1, -0.05) is 0 Å². The number of aliphatic hydroxyl groups is 1. The molecule has 1 rings (SSSR count). The van der Waals surface area contributed by atoms with Crippen LogP contribution in [0.1, 0.15) is 26.2 Å². The predicted octanol–water partition coefficient (Wildman–Crippen LogP) is 0.0822. The number of hydrogen-bond acceptors (Lipinski definition) is 5. The Hall–Kier alpha value is -1.92. The maximum Gasteiger partial charge on any atom is 0.504 e. The lowest BCUT2D eigenvalue weighted by molar-refractivity contribution is -0.162. The predicted molar refractivity (Wildman–Crippen MR) is 58.2 cm³/mol. The molecule has 18 heavy (non-hydrogen) atoms. The highest BCUT2D eigenvalue weighted by Gasteiger charge is 2.37. The number of carboxylic acid groups (broad SMARTS) is 1. The number of rotatable bonds is 2. The molecule has 1 aliphatic rings. The fraction of sp³-hybridized carbons (Fsp3) is 0.700. The maximum absolute atomic E-state index is 11.4. The van der Waals surface area contributed by atoms with Crippen molar-refractivity contribution in [3.8, 4) is 0 Å². The number of nitrogens with one attached hydrogen (secondary N) is 1. The second kappa shape index (κ2) is 5.61. The molecule has 0 aromatic carbocycles. The van der Waals surface area contributed by atoms with Crippen molar-refractivity contribution in [3.05, 3.63) is 0 Å². The summed E-state index contributed by atoms with van der Waals surface area (Å²) < 4.78 is 4.68. The maximum atomic E-state index is 11.4. The molecule has 0 aliphatic carbocycles. The molecule has 0 saturated carbocycles. The van der Waals surface area contributed by atoms with Crippen molar-refractivity contribution < 1.29 is 29.3 Å². The summed E-state index contributed by atoms with van der Waals surface area (Å²) in [5.74, 6) is -0.763. The van der Waals surface area contributed by atoms with Crippen molar-refractivity contribution in [2.75, 3.05) is 13.1 Å². The summed E-state index contributed by atoms with van der Waals surface area (Å²) in [6, 6.07) is 0. The van der Waals surface area contributed by atoms with Crippen LogP contribution >= 0.6 is 0 Å². The minimum Gasteiger partial charge on any atom is -0.465 e. The highest BCUT2D eigenvalue weighted by molar-refractivity contribution is 5.84. The third-order valence-corrected chi connectivity index (χ3v) is 2.86. The highest BCUT2D eigenvalue weighted by Crippen LogP contribution is 2.26. The van der Waals surface area contributed by atoms with Gasteiger partial charge in [0.15, 0.2) is 0 Å². The van der Waals surface area contributed by atoms with E-state index in [2.05, 4.69) is 9.53 Å². The molecule has 0 spiro atoms. The van der Waals surface area contributed by atoms with Crippen molar-refractivity contribution >= 4 is 18.0 Å². The number of ether oxygens (including phenoxy) is 1. The van der Waals surface area contributed by atoms with Crippen molar-refractivity contribution in [2.24, 2.45) is 0 Å². The summed E-state index contributed by atoms with van der Waals surface area (Å²) in [5.41, 5.74) is 5.38. The minimum absolute atomic E-state index is 0.0911. The Morgan fingerprint density at radius 3 is 2.44 bits per heavy atom. The summed E-state index contributed by atoms with van der Waals surface area (Å²) >= 11 is 0. The highest BCUT2D eigenvalue weighted by atomic mass is 16.5. The number of carbonyl (C=O) groups excluding carboxylic acids is 1. The standard InChI is InChI=1S/C10H15N3O5/c1-7(12-11)18-8(14)6-10(17)2-4-13(5-3-10)9(15)16/h11,17H,2-6H2,1H3/p+1. The molecule has 0 bridgehead atoms. The lowest BCUT2D eigenvalue weighted by Crippen LogP contribution is -2.47. The lowest BCUT2D eigenvalue weighted by atomic mass is 9.88. The topological polar surface area (TPSA) is 125 Å². The van der Waals surface area contributed by atoms with Gasteiger partial charge in [-0.15, -0.1) is 0 Å². The molecule has 1 amide bonds. The van der Waals surface area contributed by atoms with Crippen molar-refractivity contribution in [2.45, 2.75) is 31.8 Å². The molecule has 8 heteroatoms. The van der Waals surface area contributed by atoms with Crippen LogP contribution in [0.5, 0.6) is 0 Å². The van der Waals surface area contributed by atoms with Crippen LogP contribution in [0.15, 0.2) is 0 Å². The van der Waals surface area contributed by atoms with Crippen LogP contribution in [-0.4, -0.2) is 56.6 Å². The summed E-state index contributed by atoms with van der Waals surface area (Å²) in [5, 5.41) is 18.9. The van der Waals surface area contributed by atoms with E-state index in [1.54, 1.807) is 0 Å². The van der Waals surface area contributed by atoms with E-state index in [4.69, 9.17) is 10.6 Å². The van der Waals surface area contributed by atoms with Crippen LogP contribution in [0.3, 0.4) is 0 Å². The number of amides is 1. The van der Waals surface area contributed by atoms with Gasteiger partial charge in [0.25, 0.3) is 0 Å². The summed E-state index contributed by atoms with van der Waals surface area (Å²) in [7, 11) is 0. The zero-order valence-corrected chi connectivity index (χ0v) is 10.0. The lowest BCUT2D eigenvalue weighted by Gasteiger charge is -2.36. The van der Waals surface area contributed by atoms with E-state index in [9.17, 15) is 14.7 Å². The van der Waals surface area contributed by atoms with Gasteiger partial charge in [0, 0.05) is 13.1 Å². The normalized spacial score (nSPS) is 17.8. The number of likely N-dealkylation sites (tertiary alicyclic amines) is 1. The van der Waals surface area contributed by atoms with E-state index in [1.807, 2.05) is 0 Å². The largest absolute Gasteiger partial charge is 0.504 e. The van der Waals surface area contributed by atoms with Gasteiger partial charge < -0.3 is 19.8 Å². The van der Waals surface area contributed by atoms with Crippen LogP contribution in [0, 0.1) is 5.53 Å². The molecule has 0 unspecified atom stereocenters. The zero-order chi connectivity index (χ0) is 13.8. The molecule has 1 saturated heterocycles.